The van der Waals surface area contributed by atoms with E-state index in [0.29, 0.717) is 12.5 Å². The molecule has 1 aromatic carbocycles. The highest BCUT2D eigenvalue weighted by Gasteiger charge is 2.30. The van der Waals surface area contributed by atoms with Gasteiger partial charge in [-0.3, -0.25) is 0 Å². The minimum absolute atomic E-state index is 0.683. The van der Waals surface area contributed by atoms with Gasteiger partial charge in [0.2, 0.25) is 0 Å². The fourth-order valence-corrected chi connectivity index (χ4v) is 3.59. The number of benzene rings is 1. The van der Waals surface area contributed by atoms with E-state index >= 15 is 0 Å². The highest BCUT2D eigenvalue weighted by Crippen LogP contribution is 2.45. The molecule has 112 valence electrons. The maximum Gasteiger partial charge on any atom is 0.129 e. The van der Waals surface area contributed by atoms with Crippen molar-refractivity contribution in [2.24, 2.45) is 0 Å². The van der Waals surface area contributed by atoms with Crippen LogP contribution < -0.4 is 10.1 Å². The van der Waals surface area contributed by atoms with E-state index in [9.17, 15) is 0 Å². The fourth-order valence-electron chi connectivity index (χ4n) is 2.44. The van der Waals surface area contributed by atoms with Gasteiger partial charge in [-0.25, -0.2) is 4.98 Å². The summed E-state index contributed by atoms with van der Waals surface area (Å²) in [5.41, 5.74) is 2.43. The van der Waals surface area contributed by atoms with Crippen molar-refractivity contribution in [3.05, 3.63) is 34.8 Å². The van der Waals surface area contributed by atoms with Gasteiger partial charge in [0, 0.05) is 17.3 Å². The molecule has 21 heavy (non-hydrogen) atoms. The first-order valence-corrected chi connectivity index (χ1v) is 8.57. The molecular formula is C17H22N2OS. The Hall–Kier alpha value is -1.39. The van der Waals surface area contributed by atoms with Gasteiger partial charge < -0.3 is 10.1 Å². The SMILES string of the molecule is CCNCc1sc(-c2ccccc2OCC)nc1C1CC1. The molecule has 1 heterocycles. The van der Waals surface area contributed by atoms with Crippen molar-refractivity contribution in [2.75, 3.05) is 13.2 Å². The van der Waals surface area contributed by atoms with Gasteiger partial charge in [0.15, 0.2) is 0 Å². The lowest BCUT2D eigenvalue weighted by Gasteiger charge is -2.07. The smallest absolute Gasteiger partial charge is 0.129 e. The second-order valence-electron chi connectivity index (χ2n) is 5.31. The molecule has 1 aliphatic rings. The van der Waals surface area contributed by atoms with Crippen LogP contribution in [-0.4, -0.2) is 18.1 Å². The summed E-state index contributed by atoms with van der Waals surface area (Å²) in [5.74, 6) is 1.62. The first-order chi connectivity index (χ1) is 10.3. The zero-order valence-electron chi connectivity index (χ0n) is 12.7. The third-order valence-electron chi connectivity index (χ3n) is 3.64. The number of aromatic nitrogens is 1. The molecule has 0 aliphatic heterocycles. The number of thiazole rings is 1. The van der Waals surface area contributed by atoms with E-state index in [0.717, 1.165) is 29.4 Å². The maximum atomic E-state index is 5.75. The average molecular weight is 302 g/mol. The van der Waals surface area contributed by atoms with Crippen molar-refractivity contribution >= 4 is 11.3 Å². The topological polar surface area (TPSA) is 34.1 Å². The van der Waals surface area contributed by atoms with Gasteiger partial charge in [-0.05, 0) is 38.4 Å². The van der Waals surface area contributed by atoms with Crippen LogP contribution >= 0.6 is 11.3 Å². The molecule has 2 aromatic rings. The van der Waals surface area contributed by atoms with Crippen LogP contribution in [0.1, 0.15) is 43.2 Å². The van der Waals surface area contributed by atoms with Crippen LogP contribution in [0, 0.1) is 0 Å². The first-order valence-electron chi connectivity index (χ1n) is 7.76. The van der Waals surface area contributed by atoms with Crippen LogP contribution in [0.15, 0.2) is 24.3 Å². The van der Waals surface area contributed by atoms with Crippen LogP contribution in [0.2, 0.25) is 0 Å². The molecule has 0 spiro atoms. The molecule has 0 unspecified atom stereocenters. The molecule has 0 atom stereocenters. The van der Waals surface area contributed by atoms with Gasteiger partial charge >= 0.3 is 0 Å². The first kappa shape index (κ1) is 14.5. The van der Waals surface area contributed by atoms with Crippen molar-refractivity contribution in [3.63, 3.8) is 0 Å². The molecule has 1 fully saturated rings. The van der Waals surface area contributed by atoms with Crippen LogP contribution in [0.5, 0.6) is 5.75 Å². The van der Waals surface area contributed by atoms with Crippen molar-refractivity contribution < 1.29 is 4.74 Å². The van der Waals surface area contributed by atoms with Crippen molar-refractivity contribution in [1.82, 2.24) is 10.3 Å². The van der Waals surface area contributed by atoms with E-state index in [2.05, 4.69) is 24.4 Å². The molecule has 0 amide bonds. The molecule has 0 saturated heterocycles. The molecule has 0 radical (unpaired) electrons. The van der Waals surface area contributed by atoms with Gasteiger partial charge in [0.1, 0.15) is 10.8 Å². The summed E-state index contributed by atoms with van der Waals surface area (Å²) in [6, 6.07) is 8.21. The fraction of sp³-hybridized carbons (Fsp3) is 0.471. The quantitative estimate of drug-likeness (QED) is 0.832. The molecule has 1 aromatic heterocycles. The molecule has 1 N–H and O–H groups in total. The van der Waals surface area contributed by atoms with Crippen LogP contribution in [-0.2, 0) is 6.54 Å². The number of hydrogen-bond donors (Lipinski definition) is 1. The molecule has 1 saturated carbocycles. The Labute approximate surface area is 130 Å². The minimum atomic E-state index is 0.683. The van der Waals surface area contributed by atoms with Gasteiger partial charge in [-0.2, -0.15) is 0 Å². The highest BCUT2D eigenvalue weighted by molar-refractivity contribution is 7.15. The van der Waals surface area contributed by atoms with Crippen LogP contribution in [0.25, 0.3) is 10.6 Å². The third kappa shape index (κ3) is 3.27. The number of nitrogens with zero attached hydrogens (tertiary/aromatic N) is 1. The van der Waals surface area contributed by atoms with Crippen LogP contribution in [0.4, 0.5) is 0 Å². The molecule has 1 aliphatic carbocycles. The van der Waals surface area contributed by atoms with E-state index in [-0.39, 0.29) is 0 Å². The van der Waals surface area contributed by atoms with E-state index in [4.69, 9.17) is 9.72 Å². The van der Waals surface area contributed by atoms with Gasteiger partial charge in [0.25, 0.3) is 0 Å². The molecular weight excluding hydrogens is 280 g/mol. The molecule has 4 heteroatoms. The average Bonchev–Trinajstić information content (AvgIpc) is 3.26. The zero-order valence-corrected chi connectivity index (χ0v) is 13.5. The number of hydrogen-bond acceptors (Lipinski definition) is 4. The standard InChI is InChI=1S/C17H22N2OS/c1-3-18-11-15-16(12-9-10-12)19-17(21-15)13-7-5-6-8-14(13)20-4-2/h5-8,12,18H,3-4,9-11H2,1-2H3. The van der Waals surface area contributed by atoms with Gasteiger partial charge in [0.05, 0.1) is 17.9 Å². The summed E-state index contributed by atoms with van der Waals surface area (Å²) in [6.07, 6.45) is 2.57. The molecule has 3 nitrogen and oxygen atoms in total. The van der Waals surface area contributed by atoms with Crippen LogP contribution in [0.3, 0.4) is 0 Å². The monoisotopic (exact) mass is 302 g/mol. The summed E-state index contributed by atoms with van der Waals surface area (Å²) >= 11 is 1.81. The van der Waals surface area contributed by atoms with Gasteiger partial charge in [-0.1, -0.05) is 19.1 Å². The summed E-state index contributed by atoms with van der Waals surface area (Å²) in [5, 5.41) is 4.52. The largest absolute Gasteiger partial charge is 0.493 e. The molecule has 0 bridgehead atoms. The maximum absolute atomic E-state index is 5.75. The Bertz CT molecular complexity index is 605. The molecule has 3 rings (SSSR count). The third-order valence-corrected chi connectivity index (χ3v) is 4.75. The van der Waals surface area contributed by atoms with Crippen molar-refractivity contribution in [1.29, 1.82) is 0 Å². The lowest BCUT2D eigenvalue weighted by Crippen LogP contribution is -2.11. The normalized spacial score (nSPS) is 14.4. The second-order valence-corrected chi connectivity index (χ2v) is 6.39. The number of nitrogens with one attached hydrogen (secondary N) is 1. The predicted molar refractivity (Wildman–Crippen MR) is 88.1 cm³/mol. The van der Waals surface area contributed by atoms with E-state index in [1.54, 1.807) is 0 Å². The second kappa shape index (κ2) is 6.58. The van der Waals surface area contributed by atoms with E-state index < -0.39 is 0 Å². The lowest BCUT2D eigenvalue weighted by molar-refractivity contribution is 0.341. The summed E-state index contributed by atoms with van der Waals surface area (Å²) in [6.45, 7) is 6.76. The lowest BCUT2D eigenvalue weighted by atomic mass is 10.2. The Morgan fingerprint density at radius 1 is 1.29 bits per heavy atom. The Morgan fingerprint density at radius 2 is 2.10 bits per heavy atom. The Kier molecular flexibility index (Phi) is 4.56. The predicted octanol–water partition coefficient (Wildman–Crippen LogP) is 4.20. The summed E-state index contributed by atoms with van der Waals surface area (Å²) in [4.78, 5) is 6.33. The highest BCUT2D eigenvalue weighted by atomic mass is 32.1. The summed E-state index contributed by atoms with van der Waals surface area (Å²) in [7, 11) is 0. The van der Waals surface area contributed by atoms with E-state index in [1.165, 1.54) is 23.4 Å². The number of para-hydroxylation sites is 1. The Morgan fingerprint density at radius 3 is 2.81 bits per heavy atom. The van der Waals surface area contributed by atoms with Crippen molar-refractivity contribution in [3.8, 4) is 16.3 Å². The van der Waals surface area contributed by atoms with Gasteiger partial charge in [-0.15, -0.1) is 11.3 Å². The number of rotatable bonds is 7. The van der Waals surface area contributed by atoms with Crippen molar-refractivity contribution in [2.45, 2.75) is 39.2 Å². The Balaban J connectivity index is 1.95. The number of ether oxygens (including phenoxy) is 1. The summed E-state index contributed by atoms with van der Waals surface area (Å²) < 4.78 is 5.75. The van der Waals surface area contributed by atoms with E-state index in [1.807, 2.05) is 30.4 Å². The minimum Gasteiger partial charge on any atom is -0.493 e. The zero-order chi connectivity index (χ0) is 14.7.